The summed E-state index contributed by atoms with van der Waals surface area (Å²) in [6.07, 6.45) is 1.37. The van der Waals surface area contributed by atoms with Crippen LogP contribution in [0.5, 0.6) is 0 Å². The summed E-state index contributed by atoms with van der Waals surface area (Å²) in [6.45, 7) is 8.33. The van der Waals surface area contributed by atoms with Crippen molar-refractivity contribution in [3.05, 3.63) is 58.7 Å². The zero-order valence-corrected chi connectivity index (χ0v) is 17.8. The molecule has 28 heavy (non-hydrogen) atoms. The van der Waals surface area contributed by atoms with E-state index in [9.17, 15) is 13.2 Å². The van der Waals surface area contributed by atoms with Crippen molar-refractivity contribution in [3.8, 4) is 0 Å². The lowest BCUT2D eigenvalue weighted by atomic mass is 9.98. The SMILES string of the molecule is Cc1ccc(C)c(S(=O)(=O)N2CCCC(C(=O)Nc3cccc(C)c3C)C2)c1. The maximum absolute atomic E-state index is 13.2. The van der Waals surface area contributed by atoms with Gasteiger partial charge in [0.2, 0.25) is 15.9 Å². The number of hydrogen-bond donors (Lipinski definition) is 1. The van der Waals surface area contributed by atoms with Gasteiger partial charge in [-0.25, -0.2) is 8.42 Å². The summed E-state index contributed by atoms with van der Waals surface area (Å²) >= 11 is 0. The van der Waals surface area contributed by atoms with Gasteiger partial charge < -0.3 is 5.32 Å². The molecule has 0 aromatic heterocycles. The highest BCUT2D eigenvalue weighted by molar-refractivity contribution is 7.89. The highest BCUT2D eigenvalue weighted by atomic mass is 32.2. The summed E-state index contributed by atoms with van der Waals surface area (Å²) in [4.78, 5) is 13.2. The highest BCUT2D eigenvalue weighted by Crippen LogP contribution is 2.27. The van der Waals surface area contributed by atoms with Crippen molar-refractivity contribution in [3.63, 3.8) is 0 Å². The van der Waals surface area contributed by atoms with Gasteiger partial charge in [-0.1, -0.05) is 24.3 Å². The second-order valence-corrected chi connectivity index (χ2v) is 9.61. The number of aryl methyl sites for hydroxylation is 3. The Balaban J connectivity index is 1.79. The first-order valence-corrected chi connectivity index (χ1v) is 11.1. The van der Waals surface area contributed by atoms with Gasteiger partial charge in [0.1, 0.15) is 0 Å². The molecule has 0 radical (unpaired) electrons. The van der Waals surface area contributed by atoms with Crippen LogP contribution in [0.25, 0.3) is 0 Å². The number of carbonyl (C=O) groups excluding carboxylic acids is 1. The Morgan fingerprint density at radius 1 is 1.07 bits per heavy atom. The minimum absolute atomic E-state index is 0.116. The third-order valence-corrected chi connectivity index (χ3v) is 7.59. The van der Waals surface area contributed by atoms with E-state index in [-0.39, 0.29) is 18.4 Å². The van der Waals surface area contributed by atoms with Crippen molar-refractivity contribution in [1.82, 2.24) is 4.31 Å². The molecule has 1 fully saturated rings. The molecule has 0 saturated carbocycles. The minimum atomic E-state index is -3.62. The molecule has 1 N–H and O–H groups in total. The van der Waals surface area contributed by atoms with Gasteiger partial charge in [-0.05, 0) is 74.9 Å². The number of rotatable bonds is 4. The van der Waals surface area contributed by atoms with Gasteiger partial charge in [-0.2, -0.15) is 4.31 Å². The molecule has 0 aliphatic carbocycles. The van der Waals surface area contributed by atoms with Crippen LogP contribution in [-0.2, 0) is 14.8 Å². The van der Waals surface area contributed by atoms with Gasteiger partial charge in [0.05, 0.1) is 10.8 Å². The maximum atomic E-state index is 13.2. The number of benzene rings is 2. The number of nitrogens with one attached hydrogen (secondary N) is 1. The van der Waals surface area contributed by atoms with Gasteiger partial charge in [0.15, 0.2) is 0 Å². The van der Waals surface area contributed by atoms with Crippen molar-refractivity contribution in [2.75, 3.05) is 18.4 Å². The number of piperidine rings is 1. The predicted octanol–water partition coefficient (Wildman–Crippen LogP) is 3.96. The Morgan fingerprint density at radius 3 is 2.57 bits per heavy atom. The van der Waals surface area contributed by atoms with E-state index in [1.807, 2.05) is 51.1 Å². The third-order valence-electron chi connectivity index (χ3n) is 5.58. The fourth-order valence-corrected chi connectivity index (χ4v) is 5.45. The Hall–Kier alpha value is -2.18. The molecule has 0 bridgehead atoms. The fraction of sp³-hybridized carbons (Fsp3) is 0.409. The number of anilines is 1. The number of amides is 1. The molecule has 2 aromatic rings. The van der Waals surface area contributed by atoms with E-state index in [1.165, 1.54) is 4.31 Å². The first-order chi connectivity index (χ1) is 13.2. The number of sulfonamides is 1. The largest absolute Gasteiger partial charge is 0.326 e. The first-order valence-electron chi connectivity index (χ1n) is 9.64. The van der Waals surface area contributed by atoms with Crippen LogP contribution in [0.4, 0.5) is 5.69 Å². The molecule has 1 aliphatic rings. The van der Waals surface area contributed by atoms with Gasteiger partial charge in [0, 0.05) is 18.8 Å². The lowest BCUT2D eigenvalue weighted by molar-refractivity contribution is -0.120. The Labute approximate surface area is 167 Å². The van der Waals surface area contributed by atoms with E-state index < -0.39 is 10.0 Å². The molecule has 2 aromatic carbocycles. The molecule has 150 valence electrons. The molecule has 6 heteroatoms. The van der Waals surface area contributed by atoms with Gasteiger partial charge >= 0.3 is 0 Å². The summed E-state index contributed by atoms with van der Waals surface area (Å²) in [5, 5.41) is 2.99. The maximum Gasteiger partial charge on any atom is 0.243 e. The minimum Gasteiger partial charge on any atom is -0.326 e. The zero-order chi connectivity index (χ0) is 20.5. The van der Waals surface area contributed by atoms with Crippen LogP contribution in [0.1, 0.15) is 35.1 Å². The molecule has 1 atom stereocenters. The lowest BCUT2D eigenvalue weighted by Crippen LogP contribution is -2.43. The zero-order valence-electron chi connectivity index (χ0n) is 17.0. The van der Waals surface area contributed by atoms with Crippen LogP contribution < -0.4 is 5.32 Å². The van der Waals surface area contributed by atoms with E-state index in [0.717, 1.165) is 27.9 Å². The molecule has 0 spiro atoms. The van der Waals surface area contributed by atoms with Crippen LogP contribution in [-0.4, -0.2) is 31.7 Å². The van der Waals surface area contributed by atoms with Crippen molar-refractivity contribution < 1.29 is 13.2 Å². The third kappa shape index (κ3) is 4.13. The van der Waals surface area contributed by atoms with Crippen molar-refractivity contribution >= 4 is 21.6 Å². The monoisotopic (exact) mass is 400 g/mol. The lowest BCUT2D eigenvalue weighted by Gasteiger charge is -2.31. The van der Waals surface area contributed by atoms with Gasteiger partial charge in [-0.3, -0.25) is 4.79 Å². The molecule has 1 heterocycles. The van der Waals surface area contributed by atoms with E-state index >= 15 is 0 Å². The Bertz CT molecular complexity index is 999. The topological polar surface area (TPSA) is 66.5 Å². The molecule has 1 saturated heterocycles. The molecular formula is C22H28N2O3S. The summed E-state index contributed by atoms with van der Waals surface area (Å²) in [5.41, 5.74) is 4.57. The summed E-state index contributed by atoms with van der Waals surface area (Å²) in [5.74, 6) is -0.469. The van der Waals surface area contributed by atoms with E-state index in [2.05, 4.69) is 5.32 Å². The second kappa shape index (κ2) is 8.05. The summed E-state index contributed by atoms with van der Waals surface area (Å²) in [7, 11) is -3.62. The van der Waals surface area contributed by atoms with E-state index in [0.29, 0.717) is 24.3 Å². The fourth-order valence-electron chi connectivity index (χ4n) is 3.62. The van der Waals surface area contributed by atoms with Crippen LogP contribution >= 0.6 is 0 Å². The van der Waals surface area contributed by atoms with Crippen molar-refractivity contribution in [2.24, 2.45) is 5.92 Å². The Morgan fingerprint density at radius 2 is 1.82 bits per heavy atom. The number of carbonyl (C=O) groups is 1. The van der Waals surface area contributed by atoms with Crippen LogP contribution in [0.3, 0.4) is 0 Å². The normalized spacial score (nSPS) is 18.1. The van der Waals surface area contributed by atoms with Crippen molar-refractivity contribution in [2.45, 2.75) is 45.4 Å². The van der Waals surface area contributed by atoms with Gasteiger partial charge in [0.25, 0.3) is 0 Å². The molecule has 3 rings (SSSR count). The van der Waals surface area contributed by atoms with Crippen molar-refractivity contribution in [1.29, 1.82) is 0 Å². The smallest absolute Gasteiger partial charge is 0.243 e. The molecule has 1 amide bonds. The quantitative estimate of drug-likeness (QED) is 0.845. The summed E-state index contributed by atoms with van der Waals surface area (Å²) in [6, 6.07) is 11.3. The first kappa shape index (κ1) is 20.6. The summed E-state index contributed by atoms with van der Waals surface area (Å²) < 4.78 is 27.8. The van der Waals surface area contributed by atoms with Gasteiger partial charge in [-0.15, -0.1) is 0 Å². The van der Waals surface area contributed by atoms with Crippen LogP contribution in [0, 0.1) is 33.6 Å². The number of hydrogen-bond acceptors (Lipinski definition) is 3. The average molecular weight is 401 g/mol. The molecule has 1 aliphatic heterocycles. The highest BCUT2D eigenvalue weighted by Gasteiger charge is 2.34. The van der Waals surface area contributed by atoms with E-state index in [1.54, 1.807) is 13.0 Å². The van der Waals surface area contributed by atoms with Crippen LogP contribution in [0.2, 0.25) is 0 Å². The molecular weight excluding hydrogens is 372 g/mol. The average Bonchev–Trinajstić information content (AvgIpc) is 2.67. The second-order valence-electron chi connectivity index (χ2n) is 7.71. The number of nitrogens with zero attached hydrogens (tertiary/aromatic N) is 1. The molecule has 1 unspecified atom stereocenters. The van der Waals surface area contributed by atoms with Crippen LogP contribution in [0.15, 0.2) is 41.3 Å². The Kier molecular flexibility index (Phi) is 5.91. The standard InChI is InChI=1S/C22H28N2O3S/c1-15-10-11-17(3)21(13-15)28(26,27)24-12-6-8-19(14-24)22(25)23-20-9-5-7-16(2)18(20)4/h5,7,9-11,13,19H,6,8,12,14H2,1-4H3,(H,23,25). The molecule has 5 nitrogen and oxygen atoms in total. The van der Waals surface area contributed by atoms with E-state index in [4.69, 9.17) is 0 Å². The predicted molar refractivity (Wildman–Crippen MR) is 112 cm³/mol.